The first kappa shape index (κ1) is 23.9. The van der Waals surface area contributed by atoms with Crippen LogP contribution in [0.3, 0.4) is 0 Å². The Kier molecular flexibility index (Phi) is 8.73. The Balaban J connectivity index is 1.53. The number of carbonyl (C=O) groups is 1. The number of nitrogens with one attached hydrogen (secondary N) is 3. The number of aromatic nitrogens is 2. The number of carbonyl (C=O) groups excluding carboxylic acids is 1. The quantitative estimate of drug-likeness (QED) is 0.121. The number of nitrogens with zero attached hydrogens (tertiary/aromatic N) is 4. The number of allylic oxidation sites excluding steroid dienone is 3. The Labute approximate surface area is 192 Å². The van der Waals surface area contributed by atoms with Crippen LogP contribution in [0.2, 0.25) is 0 Å². The minimum absolute atomic E-state index is 0.00665. The van der Waals surface area contributed by atoms with Crippen molar-refractivity contribution < 1.29 is 19.0 Å². The van der Waals surface area contributed by atoms with Crippen LogP contribution in [-0.2, 0) is 4.79 Å². The standard InChI is InChI=1S/C19H26BrFN8O3/c20-13-10-12(6-7-14(13)21)25-17(27-31)15-16(29-32-28-15)23-8-9-24-19(22)26-18(30)11-4-2-1-3-5-11/h6-7,10-11,13-14,31H,1-5,8-9H2,(H,23,29)(H,25,27)(H3,22,24,26,30). The first-order valence-corrected chi connectivity index (χ1v) is 11.2. The fraction of sp³-hybridized carbons (Fsp3) is 0.526. The fourth-order valence-electron chi connectivity index (χ4n) is 3.38. The molecule has 1 amide bonds. The molecule has 3 rings (SSSR count). The number of hydrogen-bond donors (Lipinski definition) is 5. The molecule has 32 heavy (non-hydrogen) atoms. The van der Waals surface area contributed by atoms with Gasteiger partial charge < -0.3 is 11.1 Å². The average molecular weight is 513 g/mol. The summed E-state index contributed by atoms with van der Waals surface area (Å²) in [6.45, 7) is 0.550. The Hall–Kier alpha value is -2.80. The highest BCUT2D eigenvalue weighted by molar-refractivity contribution is 9.09. The van der Waals surface area contributed by atoms with E-state index in [0.29, 0.717) is 12.2 Å². The number of halogens is 2. The Morgan fingerprint density at radius 3 is 2.84 bits per heavy atom. The Bertz CT molecular complexity index is 910. The molecule has 0 radical (unpaired) electrons. The second-order valence-electron chi connectivity index (χ2n) is 7.39. The van der Waals surface area contributed by atoms with Crippen LogP contribution in [0.25, 0.3) is 0 Å². The molecule has 2 atom stereocenters. The Morgan fingerprint density at radius 2 is 2.12 bits per heavy atom. The van der Waals surface area contributed by atoms with Gasteiger partial charge >= 0.3 is 0 Å². The number of aliphatic imine (C=N–C) groups is 2. The lowest BCUT2D eigenvalue weighted by molar-refractivity contribution is -0.124. The Morgan fingerprint density at radius 1 is 1.34 bits per heavy atom. The third kappa shape index (κ3) is 6.60. The molecule has 0 spiro atoms. The van der Waals surface area contributed by atoms with E-state index in [1.807, 2.05) is 5.48 Å². The molecule has 0 saturated heterocycles. The largest absolute Gasteiger partial charge is 0.370 e. The van der Waals surface area contributed by atoms with Gasteiger partial charge in [-0.15, -0.1) is 0 Å². The minimum Gasteiger partial charge on any atom is -0.370 e. The van der Waals surface area contributed by atoms with Crippen molar-refractivity contribution in [3.8, 4) is 0 Å². The molecule has 2 aliphatic rings. The summed E-state index contributed by atoms with van der Waals surface area (Å²) in [5.74, 6) is 0.140. The molecule has 1 fully saturated rings. The molecule has 6 N–H and O–H groups in total. The lowest BCUT2D eigenvalue weighted by Gasteiger charge is -2.20. The van der Waals surface area contributed by atoms with Crippen molar-refractivity contribution in [3.63, 3.8) is 0 Å². The summed E-state index contributed by atoms with van der Waals surface area (Å²) in [5, 5.41) is 22.5. The number of amides is 1. The van der Waals surface area contributed by atoms with Gasteiger partial charge in [-0.05, 0) is 41.4 Å². The van der Waals surface area contributed by atoms with Crippen LogP contribution >= 0.6 is 15.9 Å². The van der Waals surface area contributed by atoms with Crippen molar-refractivity contribution in [1.29, 1.82) is 0 Å². The van der Waals surface area contributed by atoms with Crippen LogP contribution in [0.1, 0.15) is 37.8 Å². The number of alkyl halides is 2. The lowest BCUT2D eigenvalue weighted by atomic mass is 9.89. The molecular formula is C19H26BrFN8O3. The van der Waals surface area contributed by atoms with E-state index in [-0.39, 0.29) is 41.7 Å². The van der Waals surface area contributed by atoms with Gasteiger partial charge in [-0.2, -0.15) is 0 Å². The van der Waals surface area contributed by atoms with Gasteiger partial charge in [0.05, 0.1) is 17.1 Å². The SMILES string of the molecule is NC(=NCCNc1nonc1C(=NC1=CC(Br)C(F)C=C1)NO)NC(=O)C1CCCCC1. The van der Waals surface area contributed by atoms with Crippen LogP contribution in [0.4, 0.5) is 10.2 Å². The number of nitrogens with two attached hydrogens (primary N) is 1. The van der Waals surface area contributed by atoms with E-state index in [4.69, 9.17) is 10.4 Å². The summed E-state index contributed by atoms with van der Waals surface area (Å²) in [6.07, 6.45) is 8.27. The van der Waals surface area contributed by atoms with Crippen LogP contribution in [0.5, 0.6) is 0 Å². The topological polar surface area (TPSA) is 163 Å². The molecule has 0 aromatic carbocycles. The molecular weight excluding hydrogens is 487 g/mol. The molecule has 2 unspecified atom stereocenters. The summed E-state index contributed by atoms with van der Waals surface area (Å²) in [7, 11) is 0. The van der Waals surface area contributed by atoms with Crippen molar-refractivity contribution in [2.75, 3.05) is 18.4 Å². The number of hydrogen-bond acceptors (Lipinski definition) is 8. The van der Waals surface area contributed by atoms with Crippen molar-refractivity contribution in [2.24, 2.45) is 21.6 Å². The average Bonchev–Trinajstić information content (AvgIpc) is 3.26. The summed E-state index contributed by atoms with van der Waals surface area (Å²) in [5.41, 5.74) is 8.29. The number of amidine groups is 1. The van der Waals surface area contributed by atoms with Crippen LogP contribution in [-0.4, -0.2) is 57.3 Å². The third-order valence-corrected chi connectivity index (χ3v) is 5.83. The smallest absolute Gasteiger partial charge is 0.229 e. The molecule has 11 nitrogen and oxygen atoms in total. The molecule has 174 valence electrons. The van der Waals surface area contributed by atoms with E-state index in [0.717, 1.165) is 25.7 Å². The van der Waals surface area contributed by atoms with Gasteiger partial charge in [-0.1, -0.05) is 35.2 Å². The van der Waals surface area contributed by atoms with Gasteiger partial charge in [0.1, 0.15) is 6.17 Å². The molecule has 0 bridgehead atoms. The number of anilines is 1. The highest BCUT2D eigenvalue weighted by Crippen LogP contribution is 2.24. The van der Waals surface area contributed by atoms with Crippen molar-refractivity contribution >= 4 is 39.5 Å². The van der Waals surface area contributed by atoms with Gasteiger partial charge in [0.2, 0.25) is 11.7 Å². The summed E-state index contributed by atoms with van der Waals surface area (Å²) >= 11 is 3.20. The number of rotatable bonds is 7. The lowest BCUT2D eigenvalue weighted by Crippen LogP contribution is -2.41. The monoisotopic (exact) mass is 512 g/mol. The molecule has 0 aliphatic heterocycles. The number of guanidine groups is 1. The van der Waals surface area contributed by atoms with E-state index in [2.05, 4.69) is 46.9 Å². The van der Waals surface area contributed by atoms with Crippen molar-refractivity contribution in [1.82, 2.24) is 21.1 Å². The van der Waals surface area contributed by atoms with E-state index in [1.165, 1.54) is 18.6 Å². The summed E-state index contributed by atoms with van der Waals surface area (Å²) in [4.78, 5) is 20.0. The molecule has 1 aromatic rings. The normalized spacial score (nSPS) is 22.4. The highest BCUT2D eigenvalue weighted by Gasteiger charge is 2.22. The number of hydroxylamine groups is 1. The van der Waals surface area contributed by atoms with Crippen LogP contribution in [0, 0.1) is 5.92 Å². The first-order valence-electron chi connectivity index (χ1n) is 10.3. The predicted octanol–water partition coefficient (Wildman–Crippen LogP) is 1.77. The van der Waals surface area contributed by atoms with Gasteiger partial charge in [-0.3, -0.25) is 25.8 Å². The predicted molar refractivity (Wildman–Crippen MR) is 120 cm³/mol. The second kappa shape index (κ2) is 11.7. The van der Waals surface area contributed by atoms with Gasteiger partial charge in [0.15, 0.2) is 17.5 Å². The third-order valence-electron chi connectivity index (χ3n) is 5.06. The first-order chi connectivity index (χ1) is 15.5. The second-order valence-corrected chi connectivity index (χ2v) is 8.45. The fourth-order valence-corrected chi connectivity index (χ4v) is 3.83. The molecule has 1 saturated carbocycles. The zero-order chi connectivity index (χ0) is 22.9. The van der Waals surface area contributed by atoms with E-state index >= 15 is 0 Å². The maximum atomic E-state index is 13.5. The maximum Gasteiger partial charge on any atom is 0.229 e. The van der Waals surface area contributed by atoms with Crippen molar-refractivity contribution in [2.45, 2.75) is 43.1 Å². The van der Waals surface area contributed by atoms with E-state index < -0.39 is 11.0 Å². The van der Waals surface area contributed by atoms with Crippen LogP contribution < -0.4 is 21.8 Å². The molecule has 1 heterocycles. The zero-order valence-corrected chi connectivity index (χ0v) is 18.9. The molecule has 1 aromatic heterocycles. The minimum atomic E-state index is -1.16. The van der Waals surface area contributed by atoms with E-state index in [9.17, 15) is 14.4 Å². The van der Waals surface area contributed by atoms with Crippen molar-refractivity contribution in [3.05, 3.63) is 29.6 Å². The van der Waals surface area contributed by atoms with E-state index in [1.54, 1.807) is 6.08 Å². The highest BCUT2D eigenvalue weighted by atomic mass is 79.9. The molecule has 2 aliphatic carbocycles. The zero-order valence-electron chi connectivity index (χ0n) is 17.3. The summed E-state index contributed by atoms with van der Waals surface area (Å²) < 4.78 is 18.3. The maximum absolute atomic E-state index is 13.5. The van der Waals surface area contributed by atoms with Gasteiger partial charge in [-0.25, -0.2) is 14.0 Å². The van der Waals surface area contributed by atoms with Gasteiger partial charge in [0, 0.05) is 12.5 Å². The van der Waals surface area contributed by atoms with Crippen LogP contribution in [0.15, 0.2) is 38.5 Å². The molecule has 13 heteroatoms. The van der Waals surface area contributed by atoms with Gasteiger partial charge in [0.25, 0.3) is 0 Å². The summed E-state index contributed by atoms with van der Waals surface area (Å²) in [6, 6.07) is 0.